The van der Waals surface area contributed by atoms with E-state index >= 15 is 0 Å². The Morgan fingerprint density at radius 1 is 1.14 bits per heavy atom. The van der Waals surface area contributed by atoms with Crippen molar-refractivity contribution in [3.8, 4) is 0 Å². The van der Waals surface area contributed by atoms with Gasteiger partial charge in [0.05, 0.1) is 11.7 Å². The normalized spacial score (nSPS) is 16.7. The summed E-state index contributed by atoms with van der Waals surface area (Å²) in [6, 6.07) is 7.53. The van der Waals surface area contributed by atoms with Gasteiger partial charge in [-0.15, -0.1) is 0 Å². The molecule has 1 aliphatic rings. The highest BCUT2D eigenvalue weighted by Crippen LogP contribution is 2.33. The molecule has 8 nitrogen and oxygen atoms in total. The molecule has 29 heavy (non-hydrogen) atoms. The lowest BCUT2D eigenvalue weighted by Crippen LogP contribution is -2.38. The number of aromatic nitrogens is 5. The maximum Gasteiger partial charge on any atom is 0.246 e. The molecule has 5 heterocycles. The number of hydrogen-bond donors (Lipinski definition) is 0. The van der Waals surface area contributed by atoms with Crippen LogP contribution in [-0.2, 0) is 16.4 Å². The molecule has 9 heteroatoms. The van der Waals surface area contributed by atoms with Gasteiger partial charge in [0.2, 0.25) is 10.0 Å². The van der Waals surface area contributed by atoms with Crippen LogP contribution in [0.5, 0.6) is 0 Å². The molecule has 0 aromatic carbocycles. The largest absolute Gasteiger partial charge is 0.246 e. The Morgan fingerprint density at radius 3 is 2.76 bits per heavy atom. The highest BCUT2D eigenvalue weighted by Gasteiger charge is 2.32. The van der Waals surface area contributed by atoms with Crippen LogP contribution in [0.3, 0.4) is 0 Å². The standard InChI is InChI=1S/C20H22N6O2S/c1-2-15-11-20-21-14-23-26(20)13-17(15)16-6-9-24(10-7-16)29(27,28)19-12-22-25-8-4-3-5-18(19)25/h3-5,8,11-14,16H,2,6-7,9-10H2,1H3. The Hall–Kier alpha value is -2.78. The van der Waals surface area contributed by atoms with Crippen molar-refractivity contribution in [2.24, 2.45) is 0 Å². The minimum atomic E-state index is -3.57. The summed E-state index contributed by atoms with van der Waals surface area (Å²) in [5.74, 6) is 0.314. The average Bonchev–Trinajstić information content (AvgIpc) is 3.39. The number of piperidine rings is 1. The van der Waals surface area contributed by atoms with Crippen molar-refractivity contribution in [1.82, 2.24) is 28.5 Å². The van der Waals surface area contributed by atoms with E-state index in [1.54, 1.807) is 31.9 Å². The number of pyridine rings is 2. The lowest BCUT2D eigenvalue weighted by atomic mass is 9.87. The van der Waals surface area contributed by atoms with Crippen molar-refractivity contribution in [1.29, 1.82) is 0 Å². The van der Waals surface area contributed by atoms with E-state index in [-0.39, 0.29) is 4.90 Å². The van der Waals surface area contributed by atoms with Crippen molar-refractivity contribution in [2.75, 3.05) is 13.1 Å². The number of nitrogens with zero attached hydrogens (tertiary/aromatic N) is 6. The molecular weight excluding hydrogens is 388 g/mol. The summed E-state index contributed by atoms with van der Waals surface area (Å²) >= 11 is 0. The second-order valence-corrected chi connectivity index (χ2v) is 9.29. The number of fused-ring (bicyclic) bond motifs is 2. The van der Waals surface area contributed by atoms with E-state index in [9.17, 15) is 8.42 Å². The topological polar surface area (TPSA) is 84.9 Å². The first-order chi connectivity index (χ1) is 14.1. The molecular formula is C20H22N6O2S. The van der Waals surface area contributed by atoms with Gasteiger partial charge in [0.1, 0.15) is 11.2 Å². The van der Waals surface area contributed by atoms with Gasteiger partial charge < -0.3 is 0 Å². The third-order valence-corrected chi connectivity index (χ3v) is 7.74. The monoisotopic (exact) mass is 410 g/mol. The van der Waals surface area contributed by atoms with Crippen LogP contribution in [0.15, 0.2) is 54.1 Å². The summed E-state index contributed by atoms with van der Waals surface area (Å²) in [6.07, 6.45) is 9.31. The maximum atomic E-state index is 13.2. The van der Waals surface area contributed by atoms with Crippen molar-refractivity contribution < 1.29 is 8.42 Å². The van der Waals surface area contributed by atoms with Crippen LogP contribution in [0, 0.1) is 0 Å². The zero-order valence-corrected chi connectivity index (χ0v) is 17.0. The minimum absolute atomic E-state index is 0.273. The quantitative estimate of drug-likeness (QED) is 0.516. The Kier molecular flexibility index (Phi) is 4.36. The molecule has 4 aromatic rings. The van der Waals surface area contributed by atoms with Gasteiger partial charge >= 0.3 is 0 Å². The first-order valence-corrected chi connectivity index (χ1v) is 11.3. The van der Waals surface area contributed by atoms with E-state index < -0.39 is 10.0 Å². The molecule has 1 fully saturated rings. The summed E-state index contributed by atoms with van der Waals surface area (Å²) < 4.78 is 31.4. The number of sulfonamides is 1. The Morgan fingerprint density at radius 2 is 1.97 bits per heavy atom. The summed E-state index contributed by atoms with van der Waals surface area (Å²) in [5.41, 5.74) is 3.96. The second kappa shape index (κ2) is 6.93. The zero-order chi connectivity index (χ0) is 20.0. The molecule has 0 unspecified atom stereocenters. The molecule has 5 rings (SSSR count). The number of rotatable bonds is 4. The summed E-state index contributed by atoms with van der Waals surface area (Å²) in [4.78, 5) is 4.54. The molecule has 1 aliphatic heterocycles. The first-order valence-electron chi connectivity index (χ1n) is 9.82. The van der Waals surface area contributed by atoms with Gasteiger partial charge in [0.25, 0.3) is 0 Å². The Balaban J connectivity index is 1.40. The van der Waals surface area contributed by atoms with Crippen LogP contribution in [-0.4, -0.2) is 50.0 Å². The molecule has 4 aromatic heterocycles. The van der Waals surface area contributed by atoms with Crippen LogP contribution < -0.4 is 0 Å². The molecule has 0 spiro atoms. The van der Waals surface area contributed by atoms with Crippen LogP contribution in [0.1, 0.15) is 36.8 Å². The van der Waals surface area contributed by atoms with E-state index in [4.69, 9.17) is 0 Å². The van der Waals surface area contributed by atoms with Gasteiger partial charge in [0.15, 0.2) is 5.65 Å². The highest BCUT2D eigenvalue weighted by atomic mass is 32.2. The van der Waals surface area contributed by atoms with Gasteiger partial charge in [0, 0.05) is 25.5 Å². The van der Waals surface area contributed by atoms with Gasteiger partial charge in [-0.25, -0.2) is 22.4 Å². The fourth-order valence-electron chi connectivity index (χ4n) is 4.25. The molecule has 0 N–H and O–H groups in total. The zero-order valence-electron chi connectivity index (χ0n) is 16.1. The van der Waals surface area contributed by atoms with Crippen LogP contribution in [0.25, 0.3) is 11.2 Å². The highest BCUT2D eigenvalue weighted by molar-refractivity contribution is 7.89. The minimum Gasteiger partial charge on any atom is -0.240 e. The number of hydrogen-bond acceptors (Lipinski definition) is 5. The summed E-state index contributed by atoms with van der Waals surface area (Å²) in [5, 5.41) is 8.44. The molecule has 0 aliphatic carbocycles. The van der Waals surface area contributed by atoms with E-state index in [1.807, 2.05) is 12.1 Å². The second-order valence-electron chi connectivity index (χ2n) is 7.39. The van der Waals surface area contributed by atoms with Gasteiger partial charge in [-0.3, -0.25) is 0 Å². The van der Waals surface area contributed by atoms with Gasteiger partial charge in [-0.05, 0) is 54.5 Å². The third kappa shape index (κ3) is 3.01. The van der Waals surface area contributed by atoms with Crippen molar-refractivity contribution in [3.05, 3.63) is 60.3 Å². The van der Waals surface area contributed by atoms with Crippen LogP contribution in [0.4, 0.5) is 0 Å². The molecule has 0 atom stereocenters. The van der Waals surface area contributed by atoms with E-state index in [0.717, 1.165) is 24.9 Å². The molecule has 0 amide bonds. The summed E-state index contributed by atoms with van der Waals surface area (Å²) in [7, 11) is -3.57. The Bertz CT molecular complexity index is 1280. The average molecular weight is 411 g/mol. The van der Waals surface area contributed by atoms with E-state index in [0.29, 0.717) is 24.5 Å². The first kappa shape index (κ1) is 18.3. The molecule has 0 saturated carbocycles. The predicted molar refractivity (Wildman–Crippen MR) is 108 cm³/mol. The fourth-order valence-corrected chi connectivity index (χ4v) is 5.82. The van der Waals surface area contributed by atoms with Crippen molar-refractivity contribution in [2.45, 2.75) is 37.0 Å². The maximum absolute atomic E-state index is 13.2. The summed E-state index contributed by atoms with van der Waals surface area (Å²) in [6.45, 7) is 3.13. The van der Waals surface area contributed by atoms with Crippen molar-refractivity contribution in [3.63, 3.8) is 0 Å². The Labute approximate surface area is 168 Å². The molecule has 150 valence electrons. The van der Waals surface area contributed by atoms with Gasteiger partial charge in [-0.2, -0.15) is 14.5 Å². The molecule has 0 bridgehead atoms. The van der Waals surface area contributed by atoms with Crippen molar-refractivity contribution >= 4 is 21.2 Å². The number of aryl methyl sites for hydroxylation is 1. The molecule has 0 radical (unpaired) electrons. The van der Waals surface area contributed by atoms with E-state index in [2.05, 4.69) is 34.4 Å². The molecule has 1 saturated heterocycles. The predicted octanol–water partition coefficient (Wildman–Crippen LogP) is 2.51. The SMILES string of the molecule is CCc1cc2ncnn2cc1C1CCN(S(=O)(=O)c2cnn3ccccc23)CC1. The van der Waals surface area contributed by atoms with E-state index in [1.165, 1.54) is 17.3 Å². The smallest absolute Gasteiger partial charge is 0.240 e. The lowest BCUT2D eigenvalue weighted by molar-refractivity contribution is 0.318. The van der Waals surface area contributed by atoms with Crippen LogP contribution in [0.2, 0.25) is 0 Å². The lowest BCUT2D eigenvalue weighted by Gasteiger charge is -2.32. The third-order valence-electron chi connectivity index (χ3n) is 5.82. The van der Waals surface area contributed by atoms with Crippen LogP contribution >= 0.6 is 0 Å². The fraction of sp³-hybridized carbons (Fsp3) is 0.350. The van der Waals surface area contributed by atoms with Gasteiger partial charge in [-0.1, -0.05) is 13.0 Å².